The normalized spacial score (nSPS) is 15.1. The summed E-state index contributed by atoms with van der Waals surface area (Å²) < 4.78 is 5.53. The molecule has 2 aromatic rings. The van der Waals surface area contributed by atoms with Gasteiger partial charge in [0.05, 0.1) is 12.6 Å². The average Bonchev–Trinajstić information content (AvgIpc) is 3.03. The van der Waals surface area contributed by atoms with Crippen LogP contribution in [0.5, 0.6) is 0 Å². The molecule has 1 aliphatic heterocycles. The number of pyridine rings is 1. The Morgan fingerprint density at radius 1 is 1.18 bits per heavy atom. The van der Waals surface area contributed by atoms with E-state index in [0.717, 1.165) is 18.7 Å². The summed E-state index contributed by atoms with van der Waals surface area (Å²) in [5.74, 6) is 0. The van der Waals surface area contributed by atoms with E-state index in [2.05, 4.69) is 53.4 Å². The minimum atomic E-state index is 0.103. The molecule has 4 heteroatoms. The number of aromatic nitrogens is 1. The third kappa shape index (κ3) is 3.27. The number of aliphatic imine (C=N–C) groups is 1. The van der Waals surface area contributed by atoms with Gasteiger partial charge in [0.2, 0.25) is 0 Å². The van der Waals surface area contributed by atoms with Crippen LogP contribution >= 0.6 is 0 Å². The predicted octanol–water partition coefficient (Wildman–Crippen LogP) is 2.96. The Morgan fingerprint density at radius 2 is 2.09 bits per heavy atom. The molecule has 1 aliphatic rings. The van der Waals surface area contributed by atoms with Crippen LogP contribution < -0.4 is 5.32 Å². The van der Waals surface area contributed by atoms with E-state index < -0.39 is 0 Å². The highest BCUT2D eigenvalue weighted by atomic mass is 16.5. The van der Waals surface area contributed by atoms with Crippen molar-refractivity contribution in [1.29, 1.82) is 0 Å². The molecule has 0 saturated carbocycles. The van der Waals surface area contributed by atoms with Crippen LogP contribution in [-0.4, -0.2) is 24.2 Å². The Balaban J connectivity index is 1.89. The van der Waals surface area contributed by atoms with Gasteiger partial charge in [-0.1, -0.05) is 24.3 Å². The van der Waals surface area contributed by atoms with Gasteiger partial charge in [-0.05, 0) is 42.7 Å². The largest absolute Gasteiger partial charge is 0.463 e. The van der Waals surface area contributed by atoms with E-state index in [-0.39, 0.29) is 6.04 Å². The molecule has 1 aromatic carbocycles. The van der Waals surface area contributed by atoms with Crippen molar-refractivity contribution in [3.63, 3.8) is 0 Å². The number of hydrogen-bond donors (Lipinski definition) is 1. The maximum atomic E-state index is 5.53. The second kappa shape index (κ2) is 6.60. The first-order valence-electron chi connectivity index (χ1n) is 7.64. The maximum absolute atomic E-state index is 5.53. The van der Waals surface area contributed by atoms with Crippen LogP contribution in [0, 0.1) is 13.8 Å². The van der Waals surface area contributed by atoms with E-state index in [9.17, 15) is 0 Å². The van der Waals surface area contributed by atoms with Crippen LogP contribution in [-0.2, 0) is 11.2 Å². The van der Waals surface area contributed by atoms with Crippen molar-refractivity contribution in [2.24, 2.45) is 4.99 Å². The fraction of sp³-hybridized carbons (Fsp3) is 0.333. The Labute approximate surface area is 131 Å². The summed E-state index contributed by atoms with van der Waals surface area (Å²) in [4.78, 5) is 8.81. The number of benzene rings is 1. The Kier molecular flexibility index (Phi) is 4.37. The Bertz CT molecular complexity index is 667. The first-order chi connectivity index (χ1) is 10.7. The van der Waals surface area contributed by atoms with Gasteiger partial charge in [0.15, 0.2) is 0 Å². The SMILES string of the molecule is Cc1cccc(C(Cc2ccccn2)NC2=NCCO2)c1C. The topological polar surface area (TPSA) is 46.5 Å². The molecule has 0 saturated heterocycles. The van der Waals surface area contributed by atoms with Gasteiger partial charge < -0.3 is 10.1 Å². The number of aryl methyl sites for hydroxylation is 1. The Hall–Kier alpha value is -2.36. The van der Waals surface area contributed by atoms with E-state index in [1.54, 1.807) is 0 Å². The van der Waals surface area contributed by atoms with E-state index in [4.69, 9.17) is 4.74 Å². The number of amidine groups is 1. The lowest BCUT2D eigenvalue weighted by Gasteiger charge is -2.22. The summed E-state index contributed by atoms with van der Waals surface area (Å²) in [6, 6.07) is 13.2. The molecule has 1 unspecified atom stereocenters. The van der Waals surface area contributed by atoms with Crippen LogP contribution in [0.2, 0.25) is 0 Å². The highest BCUT2D eigenvalue weighted by Crippen LogP contribution is 2.23. The van der Waals surface area contributed by atoms with Crippen molar-refractivity contribution in [1.82, 2.24) is 10.3 Å². The van der Waals surface area contributed by atoms with Crippen LogP contribution in [0.4, 0.5) is 0 Å². The number of nitrogens with zero attached hydrogens (tertiary/aromatic N) is 2. The zero-order chi connectivity index (χ0) is 15.4. The van der Waals surface area contributed by atoms with Crippen molar-refractivity contribution in [3.05, 3.63) is 65.0 Å². The zero-order valence-electron chi connectivity index (χ0n) is 13.0. The molecule has 0 spiro atoms. The summed E-state index contributed by atoms with van der Waals surface area (Å²) in [7, 11) is 0. The van der Waals surface area contributed by atoms with E-state index >= 15 is 0 Å². The molecule has 114 valence electrons. The van der Waals surface area contributed by atoms with Gasteiger partial charge in [0.25, 0.3) is 6.02 Å². The molecule has 0 fully saturated rings. The summed E-state index contributed by atoms with van der Waals surface area (Å²) in [6.07, 6.45) is 2.63. The lowest BCUT2D eigenvalue weighted by atomic mass is 9.94. The van der Waals surface area contributed by atoms with Gasteiger partial charge >= 0.3 is 0 Å². The second-order valence-electron chi connectivity index (χ2n) is 5.55. The van der Waals surface area contributed by atoms with Crippen molar-refractivity contribution in [2.45, 2.75) is 26.3 Å². The number of hydrogen-bond acceptors (Lipinski definition) is 4. The Morgan fingerprint density at radius 3 is 2.82 bits per heavy atom. The predicted molar refractivity (Wildman–Crippen MR) is 88.0 cm³/mol. The lowest BCUT2D eigenvalue weighted by Crippen LogP contribution is -2.31. The number of rotatable bonds is 4. The molecule has 0 aliphatic carbocycles. The summed E-state index contributed by atoms with van der Waals surface area (Å²) in [5.41, 5.74) is 4.91. The van der Waals surface area contributed by atoms with Gasteiger partial charge in [0, 0.05) is 18.3 Å². The highest BCUT2D eigenvalue weighted by molar-refractivity contribution is 5.75. The van der Waals surface area contributed by atoms with E-state index in [0.29, 0.717) is 12.6 Å². The van der Waals surface area contributed by atoms with E-state index in [1.165, 1.54) is 16.7 Å². The summed E-state index contributed by atoms with van der Waals surface area (Å²) in [5, 5.41) is 3.44. The summed E-state index contributed by atoms with van der Waals surface area (Å²) in [6.45, 7) is 5.69. The standard InChI is InChI=1S/C18H21N3O/c1-13-6-5-8-16(14(13)2)17(21-18-20-10-11-22-18)12-15-7-3-4-9-19-15/h3-9,17H,10-12H2,1-2H3,(H,20,21). The maximum Gasteiger partial charge on any atom is 0.285 e. The summed E-state index contributed by atoms with van der Waals surface area (Å²) >= 11 is 0. The first-order valence-corrected chi connectivity index (χ1v) is 7.64. The van der Waals surface area contributed by atoms with Gasteiger partial charge in [0.1, 0.15) is 6.61 Å². The van der Waals surface area contributed by atoms with E-state index in [1.807, 2.05) is 18.3 Å². The van der Waals surface area contributed by atoms with Gasteiger partial charge in [-0.15, -0.1) is 0 Å². The number of nitrogens with one attached hydrogen (secondary N) is 1. The third-order valence-corrected chi connectivity index (χ3v) is 4.04. The minimum Gasteiger partial charge on any atom is -0.463 e. The quantitative estimate of drug-likeness (QED) is 0.943. The molecule has 0 bridgehead atoms. The smallest absolute Gasteiger partial charge is 0.285 e. The monoisotopic (exact) mass is 295 g/mol. The molecule has 4 nitrogen and oxygen atoms in total. The van der Waals surface area contributed by atoms with Crippen molar-refractivity contribution < 1.29 is 4.74 Å². The molecular formula is C18H21N3O. The van der Waals surface area contributed by atoms with Crippen molar-refractivity contribution >= 4 is 6.02 Å². The van der Waals surface area contributed by atoms with Crippen molar-refractivity contribution in [2.75, 3.05) is 13.2 Å². The fourth-order valence-corrected chi connectivity index (χ4v) is 2.69. The van der Waals surface area contributed by atoms with Gasteiger partial charge in [-0.3, -0.25) is 4.98 Å². The molecular weight excluding hydrogens is 274 g/mol. The molecule has 0 amide bonds. The molecule has 1 aromatic heterocycles. The first kappa shape index (κ1) is 14.6. The lowest BCUT2D eigenvalue weighted by molar-refractivity contribution is 0.324. The second-order valence-corrected chi connectivity index (χ2v) is 5.55. The van der Waals surface area contributed by atoms with Gasteiger partial charge in [-0.2, -0.15) is 0 Å². The van der Waals surface area contributed by atoms with Crippen molar-refractivity contribution in [3.8, 4) is 0 Å². The molecule has 1 atom stereocenters. The molecule has 2 heterocycles. The molecule has 22 heavy (non-hydrogen) atoms. The number of ether oxygens (including phenoxy) is 1. The third-order valence-electron chi connectivity index (χ3n) is 4.04. The van der Waals surface area contributed by atoms with Crippen LogP contribution in [0.1, 0.15) is 28.4 Å². The van der Waals surface area contributed by atoms with Crippen LogP contribution in [0.15, 0.2) is 47.6 Å². The fourth-order valence-electron chi connectivity index (χ4n) is 2.69. The van der Waals surface area contributed by atoms with Crippen LogP contribution in [0.3, 0.4) is 0 Å². The molecule has 3 rings (SSSR count). The minimum absolute atomic E-state index is 0.103. The van der Waals surface area contributed by atoms with Crippen LogP contribution in [0.25, 0.3) is 0 Å². The zero-order valence-corrected chi connectivity index (χ0v) is 13.0. The van der Waals surface area contributed by atoms with Gasteiger partial charge in [-0.25, -0.2) is 4.99 Å². The molecule has 1 N–H and O–H groups in total. The molecule has 0 radical (unpaired) electrons. The average molecular weight is 295 g/mol. The highest BCUT2D eigenvalue weighted by Gasteiger charge is 2.19.